The molecule has 35 heavy (non-hydrogen) atoms. The predicted octanol–water partition coefficient (Wildman–Crippen LogP) is 6.14. The van der Waals surface area contributed by atoms with Gasteiger partial charge in [-0.3, -0.25) is 4.79 Å². The molecule has 188 valence electrons. The highest BCUT2D eigenvalue weighted by Gasteiger charge is 2.37. The van der Waals surface area contributed by atoms with E-state index in [9.17, 15) is 19.5 Å². The number of likely N-dealkylation sites (tertiary alicyclic amines) is 1. The van der Waals surface area contributed by atoms with Crippen LogP contribution in [-0.2, 0) is 16.0 Å². The van der Waals surface area contributed by atoms with Crippen LogP contribution in [0.15, 0.2) is 42.5 Å². The third-order valence-electron chi connectivity index (χ3n) is 5.58. The lowest BCUT2D eigenvalue weighted by Gasteiger charge is -2.25. The van der Waals surface area contributed by atoms with E-state index < -0.39 is 29.6 Å². The summed E-state index contributed by atoms with van der Waals surface area (Å²) in [5.41, 5.74) is 1.15. The van der Waals surface area contributed by atoms with E-state index in [2.05, 4.69) is 10.6 Å². The quantitative estimate of drug-likeness (QED) is 0.423. The Morgan fingerprint density at radius 1 is 1.09 bits per heavy atom. The molecule has 3 N–H and O–H groups in total. The molecule has 2 atom stereocenters. The van der Waals surface area contributed by atoms with Crippen molar-refractivity contribution in [1.29, 1.82) is 0 Å². The van der Waals surface area contributed by atoms with Gasteiger partial charge in [-0.1, -0.05) is 35.3 Å². The number of hydrogen-bond acceptors (Lipinski definition) is 4. The molecule has 8 nitrogen and oxygen atoms in total. The minimum atomic E-state index is -0.920. The summed E-state index contributed by atoms with van der Waals surface area (Å²) in [5.74, 6) is -1.80. The molecule has 0 radical (unpaired) electrons. The Labute approximate surface area is 214 Å². The van der Waals surface area contributed by atoms with E-state index in [1.54, 1.807) is 62.1 Å². The van der Waals surface area contributed by atoms with Gasteiger partial charge in [0.05, 0.1) is 16.0 Å². The number of carbonyl (C=O) groups excluding carboxylic acids is 2. The minimum absolute atomic E-state index is 0.199. The molecule has 1 saturated heterocycles. The van der Waals surface area contributed by atoms with Crippen molar-refractivity contribution in [2.24, 2.45) is 11.8 Å². The average molecular weight is 522 g/mol. The fourth-order valence-corrected chi connectivity index (χ4v) is 4.26. The Morgan fingerprint density at radius 2 is 1.77 bits per heavy atom. The Hall–Kier alpha value is -2.97. The summed E-state index contributed by atoms with van der Waals surface area (Å²) in [4.78, 5) is 38.4. The van der Waals surface area contributed by atoms with E-state index in [1.807, 2.05) is 6.07 Å². The van der Waals surface area contributed by atoms with Gasteiger partial charge in [-0.05, 0) is 75.4 Å². The summed E-state index contributed by atoms with van der Waals surface area (Å²) < 4.78 is 5.42. The maximum Gasteiger partial charge on any atom is 0.410 e. The largest absolute Gasteiger partial charge is 0.481 e. The summed E-state index contributed by atoms with van der Waals surface area (Å²) in [6.07, 6.45) is 0.426. The summed E-state index contributed by atoms with van der Waals surface area (Å²) in [7, 11) is 0. The Balaban J connectivity index is 1.62. The van der Waals surface area contributed by atoms with Crippen molar-refractivity contribution in [1.82, 2.24) is 4.90 Å². The topological polar surface area (TPSA) is 108 Å². The highest BCUT2D eigenvalue weighted by molar-refractivity contribution is 6.42. The zero-order valence-electron chi connectivity index (χ0n) is 19.8. The molecule has 1 aliphatic heterocycles. The van der Waals surface area contributed by atoms with Crippen LogP contribution in [-0.4, -0.2) is 46.8 Å². The Morgan fingerprint density at radius 3 is 2.40 bits per heavy atom. The minimum Gasteiger partial charge on any atom is -0.481 e. The SMILES string of the molecule is CC(C)(C)OC(=O)N1CC[C@H]([C@H](Cc2cccc(NC(=O)Nc3ccc(Cl)c(Cl)c3)c2)C(=O)O)C1. The number of carboxylic acid groups (broad SMARTS) is 1. The molecule has 0 aromatic heterocycles. The van der Waals surface area contributed by atoms with Crippen LogP contribution in [0.3, 0.4) is 0 Å². The van der Waals surface area contributed by atoms with Gasteiger partial charge in [0.1, 0.15) is 5.60 Å². The van der Waals surface area contributed by atoms with Crippen LogP contribution in [0, 0.1) is 11.8 Å². The molecule has 1 aliphatic rings. The number of aliphatic carboxylic acids is 1. The number of rotatable bonds is 6. The smallest absolute Gasteiger partial charge is 0.410 e. The van der Waals surface area contributed by atoms with Crippen molar-refractivity contribution in [2.75, 3.05) is 23.7 Å². The highest BCUT2D eigenvalue weighted by Crippen LogP contribution is 2.29. The lowest BCUT2D eigenvalue weighted by Crippen LogP contribution is -2.36. The lowest BCUT2D eigenvalue weighted by atomic mass is 9.86. The van der Waals surface area contributed by atoms with E-state index in [0.717, 1.165) is 5.56 Å². The van der Waals surface area contributed by atoms with E-state index >= 15 is 0 Å². The van der Waals surface area contributed by atoms with E-state index in [4.69, 9.17) is 27.9 Å². The monoisotopic (exact) mass is 521 g/mol. The van der Waals surface area contributed by atoms with Gasteiger partial charge in [-0.15, -0.1) is 0 Å². The molecule has 0 bridgehead atoms. The molecular weight excluding hydrogens is 493 g/mol. The zero-order chi connectivity index (χ0) is 25.8. The zero-order valence-corrected chi connectivity index (χ0v) is 21.3. The number of benzene rings is 2. The summed E-state index contributed by atoms with van der Waals surface area (Å²) >= 11 is 11.9. The van der Waals surface area contributed by atoms with Crippen LogP contribution in [0.1, 0.15) is 32.8 Å². The number of amides is 3. The van der Waals surface area contributed by atoms with Gasteiger partial charge < -0.3 is 25.4 Å². The number of carboxylic acids is 1. The molecule has 10 heteroatoms. The molecule has 0 aliphatic carbocycles. The van der Waals surface area contributed by atoms with Crippen LogP contribution in [0.5, 0.6) is 0 Å². The maximum atomic E-state index is 12.4. The van der Waals surface area contributed by atoms with Gasteiger partial charge in [-0.2, -0.15) is 0 Å². The number of ether oxygens (including phenoxy) is 1. The van der Waals surface area contributed by atoms with Crippen molar-refractivity contribution in [3.8, 4) is 0 Å². The van der Waals surface area contributed by atoms with E-state index in [-0.39, 0.29) is 12.3 Å². The molecule has 2 aromatic rings. The van der Waals surface area contributed by atoms with Crippen molar-refractivity contribution in [2.45, 2.75) is 39.2 Å². The van der Waals surface area contributed by atoms with Gasteiger partial charge in [0, 0.05) is 24.5 Å². The van der Waals surface area contributed by atoms with Gasteiger partial charge >= 0.3 is 18.1 Å². The average Bonchev–Trinajstić information content (AvgIpc) is 3.23. The third-order valence-corrected chi connectivity index (χ3v) is 6.32. The first kappa shape index (κ1) is 26.6. The summed E-state index contributed by atoms with van der Waals surface area (Å²) in [5, 5.41) is 16.0. The van der Waals surface area contributed by atoms with Crippen LogP contribution in [0.2, 0.25) is 10.0 Å². The molecule has 0 saturated carbocycles. The fraction of sp³-hybridized carbons (Fsp3) is 0.400. The number of urea groups is 1. The fourth-order valence-electron chi connectivity index (χ4n) is 3.96. The Kier molecular flexibility index (Phi) is 8.51. The van der Waals surface area contributed by atoms with Crippen molar-refractivity contribution in [3.63, 3.8) is 0 Å². The van der Waals surface area contributed by atoms with Gasteiger partial charge in [-0.25, -0.2) is 9.59 Å². The first-order valence-corrected chi connectivity index (χ1v) is 12.0. The first-order valence-electron chi connectivity index (χ1n) is 11.2. The predicted molar refractivity (Wildman–Crippen MR) is 136 cm³/mol. The molecule has 2 aromatic carbocycles. The number of carbonyl (C=O) groups is 3. The number of nitrogens with zero attached hydrogens (tertiary/aromatic N) is 1. The number of anilines is 2. The first-order chi connectivity index (χ1) is 16.4. The molecule has 0 unspecified atom stereocenters. The van der Waals surface area contributed by atoms with Gasteiger partial charge in [0.25, 0.3) is 0 Å². The molecular formula is C25H29Cl2N3O5. The summed E-state index contributed by atoms with van der Waals surface area (Å²) in [6.45, 7) is 6.18. The normalized spacial score (nSPS) is 16.5. The highest BCUT2D eigenvalue weighted by atomic mass is 35.5. The maximum absolute atomic E-state index is 12.4. The standard InChI is InChI=1S/C25H29Cl2N3O5/c1-25(2,3)35-24(34)30-10-9-16(14-30)19(22(31)32)12-15-5-4-6-17(11-15)28-23(33)29-18-7-8-20(26)21(27)13-18/h4-8,11,13,16,19H,9-10,12,14H2,1-3H3,(H,31,32)(H2,28,29,33)/t16-,19-/m0/s1. The second kappa shape index (κ2) is 11.2. The number of halogens is 2. The molecule has 1 heterocycles. The molecule has 3 rings (SSSR count). The molecule has 1 fully saturated rings. The second-order valence-corrected chi connectivity index (χ2v) is 10.3. The van der Waals surface area contributed by atoms with Gasteiger partial charge in [0.15, 0.2) is 0 Å². The molecule has 0 spiro atoms. The van der Waals surface area contributed by atoms with Gasteiger partial charge in [0.2, 0.25) is 0 Å². The van der Waals surface area contributed by atoms with E-state index in [1.165, 1.54) is 0 Å². The van der Waals surface area contributed by atoms with Crippen LogP contribution in [0.4, 0.5) is 21.0 Å². The van der Waals surface area contributed by atoms with Crippen molar-refractivity contribution >= 4 is 52.7 Å². The molecule has 3 amide bonds. The number of nitrogens with one attached hydrogen (secondary N) is 2. The lowest BCUT2D eigenvalue weighted by molar-refractivity contribution is -0.143. The van der Waals surface area contributed by atoms with Crippen molar-refractivity contribution < 1.29 is 24.2 Å². The second-order valence-electron chi connectivity index (χ2n) is 9.53. The summed E-state index contributed by atoms with van der Waals surface area (Å²) in [6, 6.07) is 11.3. The van der Waals surface area contributed by atoms with Crippen LogP contribution in [0.25, 0.3) is 0 Å². The van der Waals surface area contributed by atoms with Crippen molar-refractivity contribution in [3.05, 3.63) is 58.1 Å². The third kappa shape index (κ3) is 7.77. The van der Waals surface area contributed by atoms with Crippen LogP contribution < -0.4 is 10.6 Å². The Bertz CT molecular complexity index is 1100. The number of hydrogen-bond donors (Lipinski definition) is 3. The van der Waals surface area contributed by atoms with E-state index in [0.29, 0.717) is 40.9 Å². The van der Waals surface area contributed by atoms with Crippen LogP contribution >= 0.6 is 23.2 Å².